The molecule has 104 valence electrons. The quantitative estimate of drug-likeness (QED) is 0.802. The third-order valence-electron chi connectivity index (χ3n) is 2.48. The van der Waals surface area contributed by atoms with Crippen molar-refractivity contribution in [3.63, 3.8) is 0 Å². The maximum atomic E-state index is 11.2. The van der Waals surface area contributed by atoms with Crippen molar-refractivity contribution >= 4 is 51.7 Å². The smallest absolute Gasteiger partial charge is 0.356 e. The van der Waals surface area contributed by atoms with Crippen molar-refractivity contribution in [2.45, 2.75) is 0 Å². The van der Waals surface area contributed by atoms with Crippen LogP contribution in [0.2, 0.25) is 10.0 Å². The lowest BCUT2D eigenvalue weighted by molar-refractivity contribution is -0.134. The normalized spacial score (nSPS) is 10.5. The van der Waals surface area contributed by atoms with E-state index in [0.717, 1.165) is 0 Å². The number of pyridine rings is 1. The number of nitrogens with one attached hydrogen (secondary N) is 1. The van der Waals surface area contributed by atoms with Crippen molar-refractivity contribution in [1.29, 1.82) is 0 Å². The minimum atomic E-state index is -1.28. The fourth-order valence-electron chi connectivity index (χ4n) is 1.67. The SMILES string of the molecule is O=C(O)CNc1cc2c(Cl)cc(Cl)cc2nc1C(=O)O. The van der Waals surface area contributed by atoms with Crippen LogP contribution in [0.1, 0.15) is 10.5 Å². The Morgan fingerprint density at radius 1 is 1.20 bits per heavy atom. The number of carboxylic acids is 2. The first-order valence-corrected chi connectivity index (χ1v) is 6.13. The molecule has 8 heteroatoms. The van der Waals surface area contributed by atoms with Gasteiger partial charge >= 0.3 is 11.9 Å². The van der Waals surface area contributed by atoms with E-state index in [1.807, 2.05) is 0 Å². The van der Waals surface area contributed by atoms with Crippen molar-refractivity contribution in [2.24, 2.45) is 0 Å². The first-order valence-electron chi connectivity index (χ1n) is 5.37. The molecule has 3 N–H and O–H groups in total. The summed E-state index contributed by atoms with van der Waals surface area (Å²) in [5, 5.41) is 21.4. The molecule has 0 saturated carbocycles. The molecule has 0 amide bonds. The van der Waals surface area contributed by atoms with Gasteiger partial charge in [-0.15, -0.1) is 0 Å². The molecule has 0 aliphatic rings. The number of fused-ring (bicyclic) bond motifs is 1. The lowest BCUT2D eigenvalue weighted by Gasteiger charge is -2.10. The number of hydrogen-bond donors (Lipinski definition) is 3. The Morgan fingerprint density at radius 2 is 1.90 bits per heavy atom. The van der Waals surface area contributed by atoms with E-state index >= 15 is 0 Å². The molecule has 0 saturated heterocycles. The van der Waals surface area contributed by atoms with Gasteiger partial charge in [-0.1, -0.05) is 23.2 Å². The number of aliphatic carboxylic acids is 1. The van der Waals surface area contributed by atoms with Crippen LogP contribution in [0.5, 0.6) is 0 Å². The zero-order chi connectivity index (χ0) is 14.9. The summed E-state index contributed by atoms with van der Waals surface area (Å²) >= 11 is 11.8. The summed E-state index contributed by atoms with van der Waals surface area (Å²) in [5.41, 5.74) is 0.106. The van der Waals surface area contributed by atoms with Crippen LogP contribution in [0, 0.1) is 0 Å². The summed E-state index contributed by atoms with van der Waals surface area (Å²) in [6, 6.07) is 4.41. The Bertz CT molecular complexity index is 718. The number of nitrogens with zero attached hydrogens (tertiary/aromatic N) is 1. The fourth-order valence-corrected chi connectivity index (χ4v) is 2.21. The van der Waals surface area contributed by atoms with Crippen LogP contribution in [-0.2, 0) is 4.79 Å². The van der Waals surface area contributed by atoms with E-state index in [0.29, 0.717) is 20.9 Å². The van der Waals surface area contributed by atoms with E-state index in [2.05, 4.69) is 10.3 Å². The molecule has 2 aromatic rings. The minimum absolute atomic E-state index is 0.0802. The van der Waals surface area contributed by atoms with Crippen LogP contribution in [0.3, 0.4) is 0 Å². The van der Waals surface area contributed by atoms with Crippen LogP contribution in [0.15, 0.2) is 18.2 Å². The Hall–Kier alpha value is -2.05. The van der Waals surface area contributed by atoms with Crippen LogP contribution in [0.25, 0.3) is 10.9 Å². The van der Waals surface area contributed by atoms with Gasteiger partial charge in [0.05, 0.1) is 16.2 Å². The van der Waals surface area contributed by atoms with Gasteiger partial charge < -0.3 is 15.5 Å². The van der Waals surface area contributed by atoms with E-state index in [1.54, 1.807) is 0 Å². The highest BCUT2D eigenvalue weighted by Crippen LogP contribution is 2.30. The molecule has 0 aliphatic carbocycles. The van der Waals surface area contributed by atoms with Crippen molar-refractivity contribution < 1.29 is 19.8 Å². The van der Waals surface area contributed by atoms with Crippen LogP contribution in [-0.4, -0.2) is 33.7 Å². The van der Waals surface area contributed by atoms with Crippen molar-refractivity contribution in [2.75, 3.05) is 11.9 Å². The molecule has 1 aromatic carbocycles. The fraction of sp³-hybridized carbons (Fsp3) is 0.0833. The van der Waals surface area contributed by atoms with Gasteiger partial charge in [-0.3, -0.25) is 4.79 Å². The van der Waals surface area contributed by atoms with Crippen molar-refractivity contribution in [3.8, 4) is 0 Å². The summed E-state index contributed by atoms with van der Waals surface area (Å²) < 4.78 is 0. The van der Waals surface area contributed by atoms with Crippen molar-refractivity contribution in [1.82, 2.24) is 4.98 Å². The van der Waals surface area contributed by atoms with Gasteiger partial charge in [0.1, 0.15) is 6.54 Å². The van der Waals surface area contributed by atoms with Gasteiger partial charge in [0.15, 0.2) is 5.69 Å². The summed E-state index contributed by atoms with van der Waals surface area (Å²) in [5.74, 6) is -2.40. The van der Waals surface area contributed by atoms with Gasteiger partial charge in [0.2, 0.25) is 0 Å². The molecule has 20 heavy (non-hydrogen) atoms. The Labute approximate surface area is 122 Å². The number of aromatic nitrogens is 1. The third-order valence-corrected chi connectivity index (χ3v) is 3.01. The topological polar surface area (TPSA) is 99.5 Å². The van der Waals surface area contributed by atoms with Crippen LogP contribution < -0.4 is 5.32 Å². The maximum absolute atomic E-state index is 11.2. The number of anilines is 1. The molecular weight excluding hydrogens is 307 g/mol. The zero-order valence-corrected chi connectivity index (χ0v) is 11.4. The monoisotopic (exact) mass is 314 g/mol. The molecule has 0 aliphatic heterocycles. The molecule has 0 radical (unpaired) electrons. The predicted octanol–water partition coefficient (Wildman–Crippen LogP) is 2.74. The predicted molar refractivity (Wildman–Crippen MR) is 74.8 cm³/mol. The first kappa shape index (κ1) is 14.4. The number of aromatic carboxylic acids is 1. The van der Waals surface area contributed by atoms with E-state index in [4.69, 9.17) is 33.4 Å². The highest BCUT2D eigenvalue weighted by atomic mass is 35.5. The van der Waals surface area contributed by atoms with E-state index in [1.165, 1.54) is 18.2 Å². The molecule has 0 atom stereocenters. The summed E-state index contributed by atoms with van der Waals surface area (Å²) in [6.07, 6.45) is 0. The summed E-state index contributed by atoms with van der Waals surface area (Å²) in [4.78, 5) is 25.7. The first-order chi connectivity index (χ1) is 9.38. The molecule has 6 nitrogen and oxygen atoms in total. The van der Waals surface area contributed by atoms with Crippen LogP contribution >= 0.6 is 23.2 Å². The Balaban J connectivity index is 2.62. The number of carbonyl (C=O) groups is 2. The van der Waals surface area contributed by atoms with Gasteiger partial charge in [-0.05, 0) is 18.2 Å². The largest absolute Gasteiger partial charge is 0.480 e. The van der Waals surface area contributed by atoms with E-state index in [-0.39, 0.29) is 11.4 Å². The second-order valence-electron chi connectivity index (χ2n) is 3.89. The Kier molecular flexibility index (Phi) is 3.96. The molecule has 0 fully saturated rings. The Morgan fingerprint density at radius 3 is 2.50 bits per heavy atom. The molecule has 2 rings (SSSR count). The molecule has 0 spiro atoms. The lowest BCUT2D eigenvalue weighted by Crippen LogP contribution is -2.15. The van der Waals surface area contributed by atoms with Crippen LogP contribution in [0.4, 0.5) is 5.69 Å². The van der Waals surface area contributed by atoms with Gasteiger partial charge in [-0.25, -0.2) is 9.78 Å². The maximum Gasteiger partial charge on any atom is 0.356 e. The summed E-state index contributed by atoms with van der Waals surface area (Å²) in [7, 11) is 0. The summed E-state index contributed by atoms with van der Waals surface area (Å²) in [6.45, 7) is -0.432. The second kappa shape index (κ2) is 5.52. The van der Waals surface area contributed by atoms with Crippen molar-refractivity contribution in [3.05, 3.63) is 33.9 Å². The number of hydrogen-bond acceptors (Lipinski definition) is 4. The number of benzene rings is 1. The molecule has 0 bridgehead atoms. The number of rotatable bonds is 4. The lowest BCUT2D eigenvalue weighted by atomic mass is 10.1. The third kappa shape index (κ3) is 2.92. The van der Waals surface area contributed by atoms with E-state index in [9.17, 15) is 9.59 Å². The van der Waals surface area contributed by atoms with Gasteiger partial charge in [0, 0.05) is 10.4 Å². The highest BCUT2D eigenvalue weighted by Gasteiger charge is 2.16. The zero-order valence-electron chi connectivity index (χ0n) is 9.85. The molecule has 1 aromatic heterocycles. The average molecular weight is 315 g/mol. The molecular formula is C12H8Cl2N2O4. The second-order valence-corrected chi connectivity index (χ2v) is 4.73. The van der Waals surface area contributed by atoms with E-state index < -0.39 is 18.5 Å². The highest BCUT2D eigenvalue weighted by molar-refractivity contribution is 6.38. The van der Waals surface area contributed by atoms with Gasteiger partial charge in [-0.2, -0.15) is 0 Å². The average Bonchev–Trinajstić information content (AvgIpc) is 2.35. The molecule has 1 heterocycles. The standard InChI is InChI=1S/C12H8Cl2N2O4/c13-5-1-7(14)6-3-9(15-4-10(17)18)11(12(19)20)16-8(6)2-5/h1-3,15H,4H2,(H,17,18)(H,19,20). The number of halogens is 2. The molecule has 0 unspecified atom stereocenters. The minimum Gasteiger partial charge on any atom is -0.480 e. The van der Waals surface area contributed by atoms with Gasteiger partial charge in [0.25, 0.3) is 0 Å². The number of carboxylic acid groups (broad SMARTS) is 2.